The summed E-state index contributed by atoms with van der Waals surface area (Å²) in [5.41, 5.74) is 3.50. The standard InChI is InChI=1S/C14H10N4/c1-10-4-2-3-5-12(10)14-17-16-13-7-6-11(8-15)9-18(13)14/h2-7,9H,1H3. The number of hydrogen-bond donors (Lipinski definition) is 0. The molecule has 3 aromatic rings. The highest BCUT2D eigenvalue weighted by Gasteiger charge is 2.10. The summed E-state index contributed by atoms with van der Waals surface area (Å²) in [7, 11) is 0. The molecule has 0 N–H and O–H groups in total. The lowest BCUT2D eigenvalue weighted by Gasteiger charge is -2.03. The van der Waals surface area contributed by atoms with Crippen molar-refractivity contribution < 1.29 is 0 Å². The summed E-state index contributed by atoms with van der Waals surface area (Å²) < 4.78 is 1.85. The quantitative estimate of drug-likeness (QED) is 0.650. The van der Waals surface area contributed by atoms with E-state index in [1.165, 1.54) is 0 Å². The van der Waals surface area contributed by atoms with Crippen molar-refractivity contribution >= 4 is 5.65 Å². The largest absolute Gasteiger partial charge is 0.281 e. The molecule has 0 saturated carbocycles. The number of fused-ring (bicyclic) bond motifs is 1. The second-order valence-electron chi connectivity index (χ2n) is 4.10. The third-order valence-electron chi connectivity index (χ3n) is 2.92. The minimum atomic E-state index is 0.595. The SMILES string of the molecule is Cc1ccccc1-c1nnc2ccc(C#N)cn12. The molecule has 0 fully saturated rings. The van der Waals surface area contributed by atoms with Gasteiger partial charge in [0.05, 0.1) is 5.56 Å². The molecular formula is C14H10N4. The molecule has 18 heavy (non-hydrogen) atoms. The molecule has 0 atom stereocenters. The Balaban J connectivity index is 2.31. The van der Waals surface area contributed by atoms with E-state index in [2.05, 4.69) is 16.3 Å². The third-order valence-corrected chi connectivity index (χ3v) is 2.92. The Labute approximate surface area is 104 Å². The molecule has 0 amide bonds. The van der Waals surface area contributed by atoms with E-state index in [9.17, 15) is 0 Å². The van der Waals surface area contributed by atoms with Gasteiger partial charge in [-0.05, 0) is 24.6 Å². The van der Waals surface area contributed by atoms with E-state index < -0.39 is 0 Å². The number of benzene rings is 1. The molecule has 1 aromatic carbocycles. The summed E-state index contributed by atoms with van der Waals surface area (Å²) >= 11 is 0. The van der Waals surface area contributed by atoms with Gasteiger partial charge in [-0.25, -0.2) is 0 Å². The predicted octanol–water partition coefficient (Wildman–Crippen LogP) is 2.58. The molecule has 2 aromatic heterocycles. The molecule has 2 heterocycles. The molecule has 0 saturated heterocycles. The van der Waals surface area contributed by atoms with Gasteiger partial charge >= 0.3 is 0 Å². The Morgan fingerprint density at radius 1 is 1.11 bits per heavy atom. The summed E-state index contributed by atoms with van der Waals surface area (Å²) in [4.78, 5) is 0. The van der Waals surface area contributed by atoms with Crippen LogP contribution >= 0.6 is 0 Å². The van der Waals surface area contributed by atoms with Gasteiger partial charge in [-0.1, -0.05) is 24.3 Å². The Hall–Kier alpha value is -2.67. The number of hydrogen-bond acceptors (Lipinski definition) is 3. The van der Waals surface area contributed by atoms with Crippen molar-refractivity contribution in [2.75, 3.05) is 0 Å². The van der Waals surface area contributed by atoms with Gasteiger partial charge in [0.1, 0.15) is 6.07 Å². The molecule has 0 radical (unpaired) electrons. The summed E-state index contributed by atoms with van der Waals surface area (Å²) in [6.45, 7) is 2.03. The smallest absolute Gasteiger partial charge is 0.168 e. The fraction of sp³-hybridized carbons (Fsp3) is 0.0714. The van der Waals surface area contributed by atoms with Crippen LogP contribution in [0.1, 0.15) is 11.1 Å². The van der Waals surface area contributed by atoms with Crippen molar-refractivity contribution in [3.8, 4) is 17.5 Å². The Bertz CT molecular complexity index is 765. The maximum Gasteiger partial charge on any atom is 0.168 e. The second-order valence-corrected chi connectivity index (χ2v) is 4.10. The lowest BCUT2D eigenvalue weighted by molar-refractivity contribution is 1.11. The van der Waals surface area contributed by atoms with E-state index in [0.717, 1.165) is 22.6 Å². The van der Waals surface area contributed by atoms with Gasteiger partial charge in [0.25, 0.3) is 0 Å². The summed E-state index contributed by atoms with van der Waals surface area (Å²) in [5, 5.41) is 17.3. The first kappa shape index (κ1) is 10.5. The van der Waals surface area contributed by atoms with Crippen LogP contribution in [0.25, 0.3) is 17.0 Å². The number of aromatic nitrogens is 3. The van der Waals surface area contributed by atoms with Crippen LogP contribution in [0.5, 0.6) is 0 Å². The van der Waals surface area contributed by atoms with Gasteiger partial charge in [0, 0.05) is 11.8 Å². The van der Waals surface area contributed by atoms with Gasteiger partial charge in [-0.3, -0.25) is 4.40 Å². The molecule has 0 bridgehead atoms. The lowest BCUT2D eigenvalue weighted by atomic mass is 10.1. The zero-order chi connectivity index (χ0) is 12.5. The van der Waals surface area contributed by atoms with Crippen LogP contribution in [0.3, 0.4) is 0 Å². The number of nitrogens with zero attached hydrogens (tertiary/aromatic N) is 4. The lowest BCUT2D eigenvalue weighted by Crippen LogP contribution is -1.92. The maximum atomic E-state index is 8.95. The molecule has 0 spiro atoms. The normalized spacial score (nSPS) is 10.4. The summed E-state index contributed by atoms with van der Waals surface area (Å²) in [5.74, 6) is 0.764. The monoisotopic (exact) mass is 234 g/mol. The van der Waals surface area contributed by atoms with Crippen LogP contribution in [-0.4, -0.2) is 14.6 Å². The van der Waals surface area contributed by atoms with Crippen LogP contribution in [0.4, 0.5) is 0 Å². The van der Waals surface area contributed by atoms with Gasteiger partial charge < -0.3 is 0 Å². The molecule has 4 heteroatoms. The minimum absolute atomic E-state index is 0.595. The first-order valence-electron chi connectivity index (χ1n) is 5.60. The molecule has 0 aliphatic rings. The number of nitriles is 1. The predicted molar refractivity (Wildman–Crippen MR) is 67.9 cm³/mol. The Morgan fingerprint density at radius 3 is 2.72 bits per heavy atom. The first-order chi connectivity index (χ1) is 8.79. The van der Waals surface area contributed by atoms with E-state index in [0.29, 0.717) is 5.56 Å². The Kier molecular flexibility index (Phi) is 2.31. The topological polar surface area (TPSA) is 54.0 Å². The molecule has 4 nitrogen and oxygen atoms in total. The van der Waals surface area contributed by atoms with Crippen LogP contribution in [0.2, 0.25) is 0 Å². The zero-order valence-electron chi connectivity index (χ0n) is 9.83. The average Bonchev–Trinajstić information content (AvgIpc) is 2.82. The maximum absolute atomic E-state index is 8.95. The minimum Gasteiger partial charge on any atom is -0.281 e. The van der Waals surface area contributed by atoms with Gasteiger partial charge in [-0.15, -0.1) is 10.2 Å². The highest BCUT2D eigenvalue weighted by molar-refractivity contribution is 5.63. The number of rotatable bonds is 1. The summed E-state index contributed by atoms with van der Waals surface area (Å²) in [6.07, 6.45) is 1.76. The van der Waals surface area contributed by atoms with Gasteiger partial charge in [0.15, 0.2) is 11.5 Å². The number of aryl methyl sites for hydroxylation is 1. The fourth-order valence-electron chi connectivity index (χ4n) is 1.96. The first-order valence-corrected chi connectivity index (χ1v) is 5.60. The van der Waals surface area contributed by atoms with Crippen molar-refractivity contribution in [3.63, 3.8) is 0 Å². The van der Waals surface area contributed by atoms with Gasteiger partial charge in [-0.2, -0.15) is 5.26 Å². The molecule has 86 valence electrons. The molecule has 0 aliphatic heterocycles. The third kappa shape index (κ3) is 1.54. The van der Waals surface area contributed by atoms with Gasteiger partial charge in [0.2, 0.25) is 0 Å². The summed E-state index contributed by atoms with van der Waals surface area (Å²) in [6, 6.07) is 13.7. The van der Waals surface area contributed by atoms with Crippen molar-refractivity contribution in [2.45, 2.75) is 6.92 Å². The zero-order valence-corrected chi connectivity index (χ0v) is 9.83. The Morgan fingerprint density at radius 2 is 1.94 bits per heavy atom. The second kappa shape index (κ2) is 3.97. The molecular weight excluding hydrogens is 224 g/mol. The van der Waals surface area contributed by atoms with Crippen LogP contribution < -0.4 is 0 Å². The fourth-order valence-corrected chi connectivity index (χ4v) is 1.96. The molecule has 0 aliphatic carbocycles. The van der Waals surface area contributed by atoms with Crippen LogP contribution in [0, 0.1) is 18.3 Å². The number of pyridine rings is 1. The highest BCUT2D eigenvalue weighted by atomic mass is 15.2. The highest BCUT2D eigenvalue weighted by Crippen LogP contribution is 2.22. The van der Waals surface area contributed by atoms with Crippen molar-refractivity contribution in [3.05, 3.63) is 53.7 Å². The molecule has 0 unspecified atom stereocenters. The van der Waals surface area contributed by atoms with Crippen molar-refractivity contribution in [2.24, 2.45) is 0 Å². The van der Waals surface area contributed by atoms with E-state index in [4.69, 9.17) is 5.26 Å². The van der Waals surface area contributed by atoms with E-state index in [1.807, 2.05) is 35.6 Å². The van der Waals surface area contributed by atoms with Crippen molar-refractivity contribution in [1.82, 2.24) is 14.6 Å². The van der Waals surface area contributed by atoms with Crippen molar-refractivity contribution in [1.29, 1.82) is 5.26 Å². The van der Waals surface area contributed by atoms with E-state index in [-0.39, 0.29) is 0 Å². The van der Waals surface area contributed by atoms with Crippen LogP contribution in [-0.2, 0) is 0 Å². The average molecular weight is 234 g/mol. The van der Waals surface area contributed by atoms with E-state index >= 15 is 0 Å². The molecule has 3 rings (SSSR count). The van der Waals surface area contributed by atoms with Crippen LogP contribution in [0.15, 0.2) is 42.6 Å². The van der Waals surface area contributed by atoms with E-state index in [1.54, 1.807) is 18.3 Å².